The lowest BCUT2D eigenvalue weighted by Crippen LogP contribution is -2.27. The average molecular weight is 363 g/mol. The molecule has 1 saturated carbocycles. The minimum Gasteiger partial charge on any atom is -0.356 e. The van der Waals surface area contributed by atoms with Crippen molar-refractivity contribution >= 4 is 17.4 Å². The monoisotopic (exact) mass is 362 g/mol. The summed E-state index contributed by atoms with van der Waals surface area (Å²) in [6.45, 7) is 12.6. The Hall–Kier alpha value is -1.45. The van der Waals surface area contributed by atoms with Gasteiger partial charge in [-0.15, -0.1) is 0 Å². The maximum absolute atomic E-state index is 12.6. The van der Waals surface area contributed by atoms with Gasteiger partial charge in [-0.1, -0.05) is 53.0 Å². The summed E-state index contributed by atoms with van der Waals surface area (Å²) in [5, 5.41) is 2.98. The predicted octanol–water partition coefficient (Wildman–Crippen LogP) is 4.94. The summed E-state index contributed by atoms with van der Waals surface area (Å²) >= 11 is 0. The van der Waals surface area contributed by atoms with Crippen molar-refractivity contribution in [1.82, 2.24) is 5.32 Å². The third-order valence-electron chi connectivity index (χ3n) is 5.47. The van der Waals surface area contributed by atoms with Crippen molar-refractivity contribution in [3.05, 3.63) is 12.8 Å². The van der Waals surface area contributed by atoms with Gasteiger partial charge in [0, 0.05) is 25.1 Å². The van der Waals surface area contributed by atoms with Crippen LogP contribution in [0, 0.1) is 23.7 Å². The van der Waals surface area contributed by atoms with Crippen molar-refractivity contribution in [3.8, 4) is 0 Å². The Morgan fingerprint density at radius 1 is 1.27 bits per heavy atom. The lowest BCUT2D eigenvalue weighted by Gasteiger charge is -2.22. The average Bonchev–Trinajstić information content (AvgIpc) is 2.77. The first-order valence-electron chi connectivity index (χ1n) is 10.3. The number of hydrogen-bond donors (Lipinski definition) is 1. The smallest absolute Gasteiger partial charge is 0.220 e. The molecule has 1 aliphatic carbocycles. The van der Waals surface area contributed by atoms with Crippen LogP contribution in [0.1, 0.15) is 79.1 Å². The number of carbonyl (C=O) groups excluding carboxylic acids is 2. The fraction of sp³-hybridized carbons (Fsp3) is 0.773. The van der Waals surface area contributed by atoms with Crippen molar-refractivity contribution < 1.29 is 9.59 Å². The Morgan fingerprint density at radius 2 is 2.00 bits per heavy atom. The summed E-state index contributed by atoms with van der Waals surface area (Å²) in [6, 6.07) is 0. The van der Waals surface area contributed by atoms with Gasteiger partial charge in [-0.05, 0) is 43.9 Å². The number of nitrogens with zero attached hydrogens (tertiary/aromatic N) is 1. The minimum absolute atomic E-state index is 0.102. The topological polar surface area (TPSA) is 58.5 Å². The molecule has 0 aromatic heterocycles. The van der Waals surface area contributed by atoms with Gasteiger partial charge in [-0.3, -0.25) is 14.6 Å². The van der Waals surface area contributed by atoms with Crippen LogP contribution < -0.4 is 5.32 Å². The molecule has 0 aromatic rings. The number of rotatable bonds is 10. The fourth-order valence-electron chi connectivity index (χ4n) is 3.96. The molecule has 4 nitrogen and oxygen atoms in total. The molecule has 148 valence electrons. The van der Waals surface area contributed by atoms with Crippen LogP contribution in [0.25, 0.3) is 0 Å². The Labute approximate surface area is 159 Å². The molecular formula is C22H38N2O2. The van der Waals surface area contributed by atoms with Gasteiger partial charge in [-0.2, -0.15) is 0 Å². The summed E-state index contributed by atoms with van der Waals surface area (Å²) in [7, 11) is 0. The molecule has 0 aromatic carbocycles. The van der Waals surface area contributed by atoms with Crippen molar-refractivity contribution in [2.45, 2.75) is 79.1 Å². The molecular weight excluding hydrogens is 324 g/mol. The number of unbranched alkanes of at least 4 members (excludes halogenated alkanes) is 1. The molecule has 0 heterocycles. The number of hydrogen-bond acceptors (Lipinski definition) is 3. The lowest BCUT2D eigenvalue weighted by atomic mass is 9.82. The Morgan fingerprint density at radius 3 is 2.65 bits per heavy atom. The van der Waals surface area contributed by atoms with Gasteiger partial charge in [-0.25, -0.2) is 0 Å². The molecule has 2 unspecified atom stereocenters. The molecule has 3 atom stereocenters. The first kappa shape index (κ1) is 22.6. The molecule has 4 heteroatoms. The van der Waals surface area contributed by atoms with Crippen LogP contribution in [0.15, 0.2) is 17.8 Å². The summed E-state index contributed by atoms with van der Waals surface area (Å²) in [4.78, 5) is 28.4. The van der Waals surface area contributed by atoms with Crippen molar-refractivity contribution in [3.63, 3.8) is 0 Å². The third-order valence-corrected chi connectivity index (χ3v) is 5.47. The Bertz CT molecular complexity index is 496. The van der Waals surface area contributed by atoms with Crippen molar-refractivity contribution in [1.29, 1.82) is 0 Å². The van der Waals surface area contributed by atoms with Gasteiger partial charge in [0.15, 0.2) is 5.78 Å². The van der Waals surface area contributed by atoms with Crippen LogP contribution in [-0.2, 0) is 9.59 Å². The molecule has 1 amide bonds. The third kappa shape index (κ3) is 8.29. The van der Waals surface area contributed by atoms with Crippen LogP contribution in [-0.4, -0.2) is 23.9 Å². The van der Waals surface area contributed by atoms with E-state index < -0.39 is 0 Å². The number of amides is 1. The lowest BCUT2D eigenvalue weighted by molar-refractivity contribution is -0.121. The van der Waals surface area contributed by atoms with E-state index in [-0.39, 0.29) is 17.6 Å². The van der Waals surface area contributed by atoms with Crippen LogP contribution in [0.2, 0.25) is 0 Å². The predicted molar refractivity (Wildman–Crippen MR) is 109 cm³/mol. The normalized spacial score (nSPS) is 24.2. The molecule has 0 aliphatic heterocycles. The molecule has 0 bridgehead atoms. The molecule has 0 spiro atoms. The van der Waals surface area contributed by atoms with E-state index in [1.54, 1.807) is 6.92 Å². The maximum Gasteiger partial charge on any atom is 0.220 e. The fourth-order valence-corrected chi connectivity index (χ4v) is 3.96. The number of Topliss-reactive ketones (excluding diaryl/α,β-unsaturated/α-hetero) is 1. The van der Waals surface area contributed by atoms with Gasteiger partial charge in [0.05, 0.1) is 5.71 Å². The van der Waals surface area contributed by atoms with Crippen LogP contribution in [0.3, 0.4) is 0 Å². The summed E-state index contributed by atoms with van der Waals surface area (Å²) < 4.78 is 0. The first-order valence-corrected chi connectivity index (χ1v) is 10.3. The van der Waals surface area contributed by atoms with Crippen LogP contribution in [0.5, 0.6) is 0 Å². The quantitative estimate of drug-likeness (QED) is 0.340. The van der Waals surface area contributed by atoms with E-state index in [4.69, 9.17) is 0 Å². The van der Waals surface area contributed by atoms with Gasteiger partial charge in [0.2, 0.25) is 5.91 Å². The van der Waals surface area contributed by atoms with E-state index in [1.807, 2.05) is 0 Å². The second-order valence-electron chi connectivity index (χ2n) is 8.32. The molecule has 26 heavy (non-hydrogen) atoms. The van der Waals surface area contributed by atoms with E-state index in [0.29, 0.717) is 29.9 Å². The van der Waals surface area contributed by atoms with E-state index >= 15 is 0 Å². The van der Waals surface area contributed by atoms with Crippen molar-refractivity contribution in [2.75, 3.05) is 6.54 Å². The van der Waals surface area contributed by atoms with Gasteiger partial charge in [0.25, 0.3) is 0 Å². The highest BCUT2D eigenvalue weighted by atomic mass is 16.1. The molecule has 1 rings (SSSR count). The standard InChI is InChI=1S/C22H38N2O2/c1-6-23-18(5)22(26)20-12-9-11-19(14-17(20)4)10-7-8-13-21(25)24-15-16(2)3/h6,16-17,19-20H,1,7-15H2,2-5H3,(H,24,25)/b23-18+/t17?,19-,20?/m1/s1. The molecule has 1 aliphatic rings. The second kappa shape index (κ2) is 12.0. The van der Waals surface area contributed by atoms with Crippen molar-refractivity contribution in [2.24, 2.45) is 28.7 Å². The molecule has 0 radical (unpaired) electrons. The maximum atomic E-state index is 12.6. The summed E-state index contributed by atoms with van der Waals surface area (Å²) in [5.41, 5.74) is 0.586. The zero-order valence-corrected chi connectivity index (χ0v) is 17.2. The first-order chi connectivity index (χ1) is 12.3. The Kier molecular flexibility index (Phi) is 10.5. The molecule has 1 fully saturated rings. The largest absolute Gasteiger partial charge is 0.356 e. The van der Waals surface area contributed by atoms with Gasteiger partial charge >= 0.3 is 0 Å². The highest BCUT2D eigenvalue weighted by Gasteiger charge is 2.30. The molecule has 1 N–H and O–H groups in total. The highest BCUT2D eigenvalue weighted by molar-refractivity contribution is 6.39. The zero-order chi connectivity index (χ0) is 19.5. The second-order valence-corrected chi connectivity index (χ2v) is 8.32. The van der Waals surface area contributed by atoms with E-state index in [1.165, 1.54) is 19.0 Å². The minimum atomic E-state index is 0.102. The van der Waals surface area contributed by atoms with Crippen LogP contribution >= 0.6 is 0 Å². The van der Waals surface area contributed by atoms with E-state index in [9.17, 15) is 9.59 Å². The SMILES string of the molecule is C=C/N=C(\C)C(=O)C1CCC[C@@H](CCCCC(=O)NCC(C)C)CC1C. The van der Waals surface area contributed by atoms with E-state index in [0.717, 1.165) is 38.6 Å². The number of aliphatic imine (C=N–C) groups is 1. The van der Waals surface area contributed by atoms with E-state index in [2.05, 4.69) is 37.7 Å². The molecule has 0 saturated heterocycles. The van der Waals surface area contributed by atoms with Gasteiger partial charge in [0.1, 0.15) is 0 Å². The van der Waals surface area contributed by atoms with Gasteiger partial charge < -0.3 is 5.32 Å². The highest BCUT2D eigenvalue weighted by Crippen LogP contribution is 2.35. The zero-order valence-electron chi connectivity index (χ0n) is 17.2. The number of carbonyl (C=O) groups is 2. The number of ketones is 1. The Balaban J connectivity index is 2.36. The summed E-state index contributed by atoms with van der Waals surface area (Å²) in [5.74, 6) is 2.06. The summed E-state index contributed by atoms with van der Waals surface area (Å²) in [6.07, 6.45) is 9.71. The van der Waals surface area contributed by atoms with Crippen LogP contribution in [0.4, 0.5) is 0 Å². The number of nitrogens with one attached hydrogen (secondary N) is 1.